The van der Waals surface area contributed by atoms with Crippen molar-refractivity contribution in [2.45, 2.75) is 78.3 Å². The first-order valence-corrected chi connectivity index (χ1v) is 8.20. The van der Waals surface area contributed by atoms with E-state index in [0.29, 0.717) is 0 Å². The molecule has 108 valence electrons. The zero-order chi connectivity index (χ0) is 13.4. The van der Waals surface area contributed by atoms with E-state index >= 15 is 0 Å². The third-order valence-corrected chi connectivity index (χ3v) is 4.44. The molecule has 1 fully saturated rings. The third-order valence-electron chi connectivity index (χ3n) is 4.44. The van der Waals surface area contributed by atoms with Crippen molar-refractivity contribution in [3.05, 3.63) is 0 Å². The molecule has 0 saturated carbocycles. The lowest BCUT2D eigenvalue weighted by molar-refractivity contribution is 0.0646. The van der Waals surface area contributed by atoms with E-state index in [9.17, 15) is 0 Å². The Kier molecular flexibility index (Phi) is 7.92. The maximum Gasteiger partial charge on any atom is 0.0113 e. The van der Waals surface area contributed by atoms with Gasteiger partial charge < -0.3 is 0 Å². The minimum Gasteiger partial charge on any atom is -0.298 e. The molecule has 1 saturated heterocycles. The monoisotopic (exact) mass is 254 g/mol. The molecular formula is C16H34N2. The second-order valence-electron chi connectivity index (χ2n) is 5.94. The summed E-state index contributed by atoms with van der Waals surface area (Å²) in [6.45, 7) is 14.5. The van der Waals surface area contributed by atoms with E-state index in [1.54, 1.807) is 0 Å². The van der Waals surface area contributed by atoms with Crippen molar-refractivity contribution in [1.29, 1.82) is 0 Å². The summed E-state index contributed by atoms with van der Waals surface area (Å²) < 4.78 is 0. The highest BCUT2D eigenvalue weighted by atomic mass is 15.3. The average Bonchev–Trinajstić information content (AvgIpc) is 2.39. The molecule has 0 radical (unpaired) electrons. The van der Waals surface area contributed by atoms with E-state index in [1.165, 1.54) is 64.7 Å². The van der Waals surface area contributed by atoms with Gasteiger partial charge in [0.25, 0.3) is 0 Å². The van der Waals surface area contributed by atoms with Crippen LogP contribution < -0.4 is 0 Å². The average molecular weight is 254 g/mol. The van der Waals surface area contributed by atoms with Crippen LogP contribution in [0.1, 0.15) is 66.2 Å². The van der Waals surface area contributed by atoms with Crippen LogP contribution in [0.15, 0.2) is 0 Å². The van der Waals surface area contributed by atoms with Crippen LogP contribution in [0.3, 0.4) is 0 Å². The minimum atomic E-state index is 0.785. The Balaban J connectivity index is 2.36. The highest BCUT2D eigenvalue weighted by Gasteiger charge is 2.24. The summed E-state index contributed by atoms with van der Waals surface area (Å²) in [5, 5.41) is 0. The Bertz CT molecular complexity index is 191. The molecule has 2 heteroatoms. The van der Waals surface area contributed by atoms with Gasteiger partial charge in [0, 0.05) is 38.3 Å². The van der Waals surface area contributed by atoms with Crippen LogP contribution >= 0.6 is 0 Å². The van der Waals surface area contributed by atoms with Gasteiger partial charge in [-0.2, -0.15) is 0 Å². The number of rotatable bonds is 8. The van der Waals surface area contributed by atoms with Crippen LogP contribution in [0.4, 0.5) is 0 Å². The van der Waals surface area contributed by atoms with Gasteiger partial charge in [-0.1, -0.05) is 40.0 Å². The Morgan fingerprint density at radius 2 is 1.17 bits per heavy atom. The van der Waals surface area contributed by atoms with E-state index in [-0.39, 0.29) is 0 Å². The summed E-state index contributed by atoms with van der Waals surface area (Å²) in [4.78, 5) is 5.44. The van der Waals surface area contributed by atoms with E-state index in [1.807, 2.05) is 0 Å². The Hall–Kier alpha value is -0.0800. The summed E-state index contributed by atoms with van der Waals surface area (Å²) in [6.07, 6.45) is 8.11. The molecule has 0 amide bonds. The molecule has 0 aromatic rings. The van der Waals surface area contributed by atoms with E-state index in [0.717, 1.165) is 12.1 Å². The molecule has 0 N–H and O–H groups in total. The topological polar surface area (TPSA) is 6.48 Å². The number of nitrogens with zero attached hydrogens (tertiary/aromatic N) is 2. The van der Waals surface area contributed by atoms with Crippen molar-refractivity contribution >= 4 is 0 Å². The van der Waals surface area contributed by atoms with Crippen molar-refractivity contribution in [2.24, 2.45) is 0 Å². The third kappa shape index (κ3) is 4.89. The van der Waals surface area contributed by atoms with Crippen molar-refractivity contribution in [2.75, 3.05) is 26.2 Å². The zero-order valence-corrected chi connectivity index (χ0v) is 13.1. The summed E-state index contributed by atoms with van der Waals surface area (Å²) in [5.74, 6) is 0. The first-order chi connectivity index (χ1) is 8.72. The molecule has 0 aliphatic carbocycles. The molecule has 1 unspecified atom stereocenters. The number of piperazine rings is 1. The minimum absolute atomic E-state index is 0.785. The maximum absolute atomic E-state index is 2.75. The second kappa shape index (κ2) is 8.92. The predicted molar refractivity (Wildman–Crippen MR) is 81.1 cm³/mol. The van der Waals surface area contributed by atoms with Gasteiger partial charge in [-0.25, -0.2) is 0 Å². The van der Waals surface area contributed by atoms with Crippen LogP contribution in [-0.2, 0) is 0 Å². The van der Waals surface area contributed by atoms with Gasteiger partial charge >= 0.3 is 0 Å². The molecule has 1 aliphatic heterocycles. The van der Waals surface area contributed by atoms with Crippen molar-refractivity contribution in [1.82, 2.24) is 9.80 Å². The molecule has 2 nitrogen and oxygen atoms in total. The Morgan fingerprint density at radius 3 is 1.61 bits per heavy atom. The molecule has 1 aliphatic rings. The Morgan fingerprint density at radius 1 is 0.722 bits per heavy atom. The standard InChI is InChI=1S/C16H34N2/c1-5-8-15(4)17-11-13-18(14-12-17)16(9-6-2)10-7-3/h15-16H,5-14H2,1-4H3. The van der Waals surface area contributed by atoms with Crippen LogP contribution in [0, 0.1) is 0 Å². The molecule has 1 rings (SSSR count). The molecule has 18 heavy (non-hydrogen) atoms. The largest absolute Gasteiger partial charge is 0.298 e. The lowest BCUT2D eigenvalue weighted by Crippen LogP contribution is -2.52. The summed E-state index contributed by atoms with van der Waals surface area (Å²) >= 11 is 0. The quantitative estimate of drug-likeness (QED) is 0.651. The number of hydrogen-bond acceptors (Lipinski definition) is 2. The molecule has 1 heterocycles. The summed E-state index contributed by atoms with van der Waals surface area (Å²) in [6, 6.07) is 1.64. The molecule has 0 aromatic heterocycles. The fourth-order valence-corrected chi connectivity index (χ4v) is 3.32. The first kappa shape index (κ1) is 16.0. The number of hydrogen-bond donors (Lipinski definition) is 0. The van der Waals surface area contributed by atoms with Gasteiger partial charge in [-0.3, -0.25) is 9.80 Å². The van der Waals surface area contributed by atoms with Crippen LogP contribution in [0.2, 0.25) is 0 Å². The lowest BCUT2D eigenvalue weighted by Gasteiger charge is -2.41. The normalized spacial score (nSPS) is 20.5. The fraction of sp³-hybridized carbons (Fsp3) is 1.00. The first-order valence-electron chi connectivity index (χ1n) is 8.20. The van der Waals surface area contributed by atoms with Gasteiger partial charge in [0.15, 0.2) is 0 Å². The Labute approximate surface area is 115 Å². The molecule has 0 aromatic carbocycles. The molecular weight excluding hydrogens is 220 g/mol. The smallest absolute Gasteiger partial charge is 0.0113 e. The van der Waals surface area contributed by atoms with Gasteiger partial charge in [0.1, 0.15) is 0 Å². The van der Waals surface area contributed by atoms with Crippen molar-refractivity contribution in [3.63, 3.8) is 0 Å². The van der Waals surface area contributed by atoms with Crippen LogP contribution in [0.5, 0.6) is 0 Å². The van der Waals surface area contributed by atoms with Gasteiger partial charge in [0.2, 0.25) is 0 Å². The van der Waals surface area contributed by atoms with Crippen LogP contribution in [0.25, 0.3) is 0 Å². The van der Waals surface area contributed by atoms with Gasteiger partial charge in [-0.15, -0.1) is 0 Å². The maximum atomic E-state index is 2.75. The lowest BCUT2D eigenvalue weighted by atomic mass is 10.0. The molecule has 0 spiro atoms. The highest BCUT2D eigenvalue weighted by molar-refractivity contribution is 4.80. The summed E-state index contributed by atoms with van der Waals surface area (Å²) in [7, 11) is 0. The summed E-state index contributed by atoms with van der Waals surface area (Å²) in [5.41, 5.74) is 0. The predicted octanol–water partition coefficient (Wildman–Crippen LogP) is 3.76. The SMILES string of the molecule is CCCC(C)N1CCN(C(CCC)CCC)CC1. The van der Waals surface area contributed by atoms with Crippen molar-refractivity contribution in [3.8, 4) is 0 Å². The van der Waals surface area contributed by atoms with Gasteiger partial charge in [0.05, 0.1) is 0 Å². The van der Waals surface area contributed by atoms with E-state index < -0.39 is 0 Å². The second-order valence-corrected chi connectivity index (χ2v) is 5.94. The van der Waals surface area contributed by atoms with Gasteiger partial charge in [-0.05, 0) is 26.2 Å². The van der Waals surface area contributed by atoms with Crippen LogP contribution in [-0.4, -0.2) is 48.1 Å². The molecule has 1 atom stereocenters. The molecule has 0 bridgehead atoms. The fourth-order valence-electron chi connectivity index (χ4n) is 3.32. The van der Waals surface area contributed by atoms with E-state index in [4.69, 9.17) is 0 Å². The van der Waals surface area contributed by atoms with Crippen molar-refractivity contribution < 1.29 is 0 Å². The highest BCUT2D eigenvalue weighted by Crippen LogP contribution is 2.17. The van der Waals surface area contributed by atoms with E-state index in [2.05, 4.69) is 37.5 Å². The zero-order valence-electron chi connectivity index (χ0n) is 13.1.